The van der Waals surface area contributed by atoms with Crippen molar-refractivity contribution in [3.05, 3.63) is 64.5 Å². The van der Waals surface area contributed by atoms with E-state index >= 15 is 0 Å². The lowest BCUT2D eigenvalue weighted by molar-refractivity contribution is 0.0686. The number of hydrogen-bond donors (Lipinski definition) is 1. The summed E-state index contributed by atoms with van der Waals surface area (Å²) >= 11 is 0. The fourth-order valence-corrected chi connectivity index (χ4v) is 1.94. The number of rotatable bonds is 4. The molecule has 0 fully saturated rings. The van der Waals surface area contributed by atoms with Crippen LogP contribution in [-0.2, 0) is 6.61 Å². The van der Waals surface area contributed by atoms with Crippen LogP contribution in [0.4, 0.5) is 4.39 Å². The fraction of sp³-hybridized carbons (Fsp3) is 0.188. The summed E-state index contributed by atoms with van der Waals surface area (Å²) in [4.78, 5) is 11.1. The number of hydrogen-bond acceptors (Lipinski definition) is 2. The molecule has 2 aromatic carbocycles. The molecule has 0 spiro atoms. The van der Waals surface area contributed by atoms with Crippen molar-refractivity contribution in [2.75, 3.05) is 0 Å². The SMILES string of the molecule is Cc1ccc(C)c(COc2cccc(F)c2C(=O)O)c1. The van der Waals surface area contributed by atoms with Crippen LogP contribution in [-0.4, -0.2) is 11.1 Å². The number of aromatic carboxylic acids is 1. The summed E-state index contributed by atoms with van der Waals surface area (Å²) in [5.74, 6) is -2.09. The van der Waals surface area contributed by atoms with E-state index in [1.165, 1.54) is 12.1 Å². The Bertz CT molecular complexity index is 650. The van der Waals surface area contributed by atoms with Crippen LogP contribution in [0.15, 0.2) is 36.4 Å². The largest absolute Gasteiger partial charge is 0.488 e. The Morgan fingerprint density at radius 3 is 2.70 bits per heavy atom. The van der Waals surface area contributed by atoms with Crippen molar-refractivity contribution in [1.29, 1.82) is 0 Å². The van der Waals surface area contributed by atoms with Gasteiger partial charge < -0.3 is 9.84 Å². The van der Waals surface area contributed by atoms with Gasteiger partial charge in [0.05, 0.1) is 0 Å². The van der Waals surface area contributed by atoms with Crippen molar-refractivity contribution in [2.24, 2.45) is 0 Å². The molecule has 104 valence electrons. The van der Waals surface area contributed by atoms with E-state index < -0.39 is 17.3 Å². The molecule has 2 aromatic rings. The first-order chi connectivity index (χ1) is 9.49. The number of ether oxygens (including phenoxy) is 1. The van der Waals surface area contributed by atoms with Gasteiger partial charge in [-0.15, -0.1) is 0 Å². The first kappa shape index (κ1) is 14.1. The van der Waals surface area contributed by atoms with E-state index in [2.05, 4.69) is 0 Å². The summed E-state index contributed by atoms with van der Waals surface area (Å²) < 4.78 is 19.0. The summed E-state index contributed by atoms with van der Waals surface area (Å²) in [7, 11) is 0. The van der Waals surface area contributed by atoms with E-state index in [9.17, 15) is 9.18 Å². The quantitative estimate of drug-likeness (QED) is 0.924. The van der Waals surface area contributed by atoms with Crippen LogP contribution in [0.1, 0.15) is 27.0 Å². The summed E-state index contributed by atoms with van der Waals surface area (Å²) in [6, 6.07) is 9.92. The van der Waals surface area contributed by atoms with E-state index in [0.29, 0.717) is 0 Å². The molecular formula is C16H15FO3. The average Bonchev–Trinajstić information content (AvgIpc) is 2.39. The molecule has 0 unspecified atom stereocenters. The van der Waals surface area contributed by atoms with E-state index in [-0.39, 0.29) is 12.4 Å². The average molecular weight is 274 g/mol. The molecule has 0 aliphatic carbocycles. The second kappa shape index (κ2) is 5.74. The molecule has 0 saturated carbocycles. The van der Waals surface area contributed by atoms with Gasteiger partial charge in [0, 0.05) is 0 Å². The van der Waals surface area contributed by atoms with E-state index in [1.807, 2.05) is 32.0 Å². The minimum absolute atomic E-state index is 0.0402. The third kappa shape index (κ3) is 2.96. The lowest BCUT2D eigenvalue weighted by atomic mass is 10.1. The fourth-order valence-electron chi connectivity index (χ4n) is 1.94. The van der Waals surface area contributed by atoms with E-state index in [0.717, 1.165) is 22.8 Å². The van der Waals surface area contributed by atoms with Crippen molar-refractivity contribution in [3.8, 4) is 5.75 Å². The van der Waals surface area contributed by atoms with Gasteiger partial charge in [-0.1, -0.05) is 29.8 Å². The molecule has 0 radical (unpaired) electrons. The molecule has 0 amide bonds. The summed E-state index contributed by atoms with van der Waals surface area (Å²) in [5, 5.41) is 9.02. The van der Waals surface area contributed by atoms with Gasteiger partial charge in [-0.2, -0.15) is 0 Å². The Kier molecular flexibility index (Phi) is 4.03. The zero-order valence-corrected chi connectivity index (χ0v) is 11.3. The molecule has 0 atom stereocenters. The highest BCUT2D eigenvalue weighted by Gasteiger charge is 2.17. The number of aryl methyl sites for hydroxylation is 2. The zero-order valence-electron chi connectivity index (χ0n) is 11.3. The van der Waals surface area contributed by atoms with Crippen molar-refractivity contribution in [3.63, 3.8) is 0 Å². The summed E-state index contributed by atoms with van der Waals surface area (Å²) in [6.45, 7) is 4.12. The van der Waals surface area contributed by atoms with Crippen LogP contribution in [0.25, 0.3) is 0 Å². The van der Waals surface area contributed by atoms with Crippen LogP contribution in [0.3, 0.4) is 0 Å². The zero-order chi connectivity index (χ0) is 14.7. The van der Waals surface area contributed by atoms with Crippen LogP contribution in [0.2, 0.25) is 0 Å². The number of carboxylic acid groups (broad SMARTS) is 1. The maximum absolute atomic E-state index is 13.5. The third-order valence-corrected chi connectivity index (χ3v) is 3.08. The van der Waals surface area contributed by atoms with Gasteiger partial charge in [0.2, 0.25) is 0 Å². The molecule has 2 rings (SSSR count). The standard InChI is InChI=1S/C16H15FO3/c1-10-6-7-11(2)12(8-10)9-20-14-5-3-4-13(17)15(14)16(18)19/h3-8H,9H2,1-2H3,(H,18,19). The van der Waals surface area contributed by atoms with Crippen molar-refractivity contribution in [2.45, 2.75) is 20.5 Å². The van der Waals surface area contributed by atoms with E-state index in [1.54, 1.807) is 0 Å². The highest BCUT2D eigenvalue weighted by Crippen LogP contribution is 2.23. The molecule has 3 nitrogen and oxygen atoms in total. The van der Waals surface area contributed by atoms with Gasteiger partial charge in [-0.25, -0.2) is 9.18 Å². The van der Waals surface area contributed by atoms with Gasteiger partial charge in [-0.05, 0) is 37.1 Å². The molecule has 20 heavy (non-hydrogen) atoms. The third-order valence-electron chi connectivity index (χ3n) is 3.08. The molecule has 4 heteroatoms. The monoisotopic (exact) mass is 274 g/mol. The van der Waals surface area contributed by atoms with Crippen LogP contribution in [0, 0.1) is 19.7 Å². The number of halogens is 1. The minimum atomic E-state index is -1.33. The molecule has 0 aromatic heterocycles. The van der Waals surface area contributed by atoms with Gasteiger partial charge >= 0.3 is 5.97 Å². The number of carbonyl (C=O) groups is 1. The Hall–Kier alpha value is -2.36. The van der Waals surface area contributed by atoms with Crippen molar-refractivity contribution >= 4 is 5.97 Å². The normalized spacial score (nSPS) is 10.3. The highest BCUT2D eigenvalue weighted by molar-refractivity contribution is 5.91. The second-order valence-electron chi connectivity index (χ2n) is 4.64. The molecular weight excluding hydrogens is 259 g/mol. The highest BCUT2D eigenvalue weighted by atomic mass is 19.1. The van der Waals surface area contributed by atoms with Crippen LogP contribution < -0.4 is 4.74 Å². The second-order valence-corrected chi connectivity index (χ2v) is 4.64. The van der Waals surface area contributed by atoms with Crippen LogP contribution >= 0.6 is 0 Å². The summed E-state index contributed by atoms with van der Waals surface area (Å²) in [5.41, 5.74) is 2.65. The minimum Gasteiger partial charge on any atom is -0.488 e. The maximum Gasteiger partial charge on any atom is 0.342 e. The molecule has 0 heterocycles. The van der Waals surface area contributed by atoms with Crippen molar-refractivity contribution in [1.82, 2.24) is 0 Å². The molecule has 1 N–H and O–H groups in total. The topological polar surface area (TPSA) is 46.5 Å². The molecule has 0 aliphatic rings. The van der Waals surface area contributed by atoms with Gasteiger partial charge in [0.1, 0.15) is 23.7 Å². The van der Waals surface area contributed by atoms with Gasteiger partial charge in [-0.3, -0.25) is 0 Å². The molecule has 0 aliphatic heterocycles. The van der Waals surface area contributed by atoms with Gasteiger partial charge in [0.25, 0.3) is 0 Å². The maximum atomic E-state index is 13.5. The van der Waals surface area contributed by atoms with Crippen molar-refractivity contribution < 1.29 is 19.0 Å². The Labute approximate surface area is 116 Å². The Balaban J connectivity index is 2.25. The smallest absolute Gasteiger partial charge is 0.342 e. The number of benzene rings is 2. The Morgan fingerprint density at radius 2 is 2.00 bits per heavy atom. The molecule has 0 bridgehead atoms. The van der Waals surface area contributed by atoms with Crippen LogP contribution in [0.5, 0.6) is 5.75 Å². The summed E-state index contributed by atoms with van der Waals surface area (Å²) in [6.07, 6.45) is 0. The predicted octanol–water partition coefficient (Wildman–Crippen LogP) is 3.72. The predicted molar refractivity (Wildman–Crippen MR) is 73.6 cm³/mol. The van der Waals surface area contributed by atoms with Gasteiger partial charge in [0.15, 0.2) is 0 Å². The lowest BCUT2D eigenvalue weighted by Crippen LogP contribution is -2.06. The first-order valence-electron chi connectivity index (χ1n) is 6.20. The lowest BCUT2D eigenvalue weighted by Gasteiger charge is -2.12. The Morgan fingerprint density at radius 1 is 1.25 bits per heavy atom. The number of carboxylic acids is 1. The van der Waals surface area contributed by atoms with E-state index in [4.69, 9.17) is 9.84 Å². The first-order valence-corrected chi connectivity index (χ1v) is 6.20. The molecule has 0 saturated heterocycles.